The number of amides is 4. The van der Waals surface area contributed by atoms with E-state index in [-0.39, 0.29) is 0 Å². The van der Waals surface area contributed by atoms with E-state index in [0.717, 1.165) is 4.90 Å². The van der Waals surface area contributed by atoms with Gasteiger partial charge in [0.15, 0.2) is 0 Å². The second kappa shape index (κ2) is 7.80. The number of carbonyl (C=O) groups is 3. The lowest BCUT2D eigenvalue weighted by Gasteiger charge is -2.26. The average molecular weight is 383 g/mol. The predicted molar refractivity (Wildman–Crippen MR) is 103 cm³/mol. The molecule has 1 saturated heterocycles. The SMILES string of the molecule is CCC[C@@]1(c2ccccc2)NC(=O)N(CC(=O)Nc2cc(F)ccc2C)C1=O. The Balaban J connectivity index is 1.81. The van der Waals surface area contributed by atoms with Crippen molar-refractivity contribution in [1.29, 1.82) is 0 Å². The van der Waals surface area contributed by atoms with Crippen LogP contribution in [0.5, 0.6) is 0 Å². The van der Waals surface area contributed by atoms with E-state index in [1.165, 1.54) is 12.1 Å². The highest BCUT2D eigenvalue weighted by atomic mass is 19.1. The number of hydrogen-bond acceptors (Lipinski definition) is 3. The van der Waals surface area contributed by atoms with Gasteiger partial charge in [-0.3, -0.25) is 14.5 Å². The maximum Gasteiger partial charge on any atom is 0.325 e. The fourth-order valence-electron chi connectivity index (χ4n) is 3.44. The zero-order valence-electron chi connectivity index (χ0n) is 15.8. The topological polar surface area (TPSA) is 78.5 Å². The minimum absolute atomic E-state index is 0.305. The smallest absolute Gasteiger partial charge is 0.324 e. The summed E-state index contributed by atoms with van der Waals surface area (Å²) in [6, 6.07) is 12.4. The van der Waals surface area contributed by atoms with Gasteiger partial charge in [0, 0.05) is 5.69 Å². The molecule has 1 heterocycles. The summed E-state index contributed by atoms with van der Waals surface area (Å²) >= 11 is 0. The number of aryl methyl sites for hydroxylation is 1. The zero-order valence-corrected chi connectivity index (χ0v) is 15.8. The molecule has 28 heavy (non-hydrogen) atoms. The fourth-order valence-corrected chi connectivity index (χ4v) is 3.44. The summed E-state index contributed by atoms with van der Waals surface area (Å²) in [6.07, 6.45) is 1.09. The minimum atomic E-state index is -1.18. The van der Waals surface area contributed by atoms with E-state index >= 15 is 0 Å². The van der Waals surface area contributed by atoms with Gasteiger partial charge in [-0.1, -0.05) is 49.7 Å². The standard InChI is InChI=1S/C21H22FN3O3/c1-3-11-21(15-7-5-4-6-8-15)19(27)25(20(28)24-21)13-18(26)23-17-12-16(22)10-9-14(17)2/h4-10,12H,3,11,13H2,1-2H3,(H,23,26)(H,24,28)/t21-/m0/s1. The molecule has 0 aliphatic carbocycles. The normalized spacial score (nSPS) is 18.9. The van der Waals surface area contributed by atoms with E-state index in [0.29, 0.717) is 29.7 Å². The third-order valence-electron chi connectivity index (χ3n) is 4.84. The first-order chi connectivity index (χ1) is 13.4. The second-order valence-electron chi connectivity index (χ2n) is 6.85. The summed E-state index contributed by atoms with van der Waals surface area (Å²) in [5.41, 5.74) is 0.484. The monoisotopic (exact) mass is 383 g/mol. The third kappa shape index (κ3) is 3.60. The van der Waals surface area contributed by atoms with Crippen LogP contribution in [0.15, 0.2) is 48.5 Å². The Morgan fingerprint density at radius 1 is 1.18 bits per heavy atom. The van der Waals surface area contributed by atoms with Crippen molar-refractivity contribution in [3.05, 3.63) is 65.5 Å². The first kappa shape index (κ1) is 19.5. The molecule has 6 nitrogen and oxygen atoms in total. The summed E-state index contributed by atoms with van der Waals surface area (Å²) in [6.45, 7) is 3.20. The molecule has 1 aliphatic heterocycles. The van der Waals surface area contributed by atoms with Gasteiger partial charge in [-0.2, -0.15) is 0 Å². The summed E-state index contributed by atoms with van der Waals surface area (Å²) in [7, 11) is 0. The van der Waals surface area contributed by atoms with E-state index in [2.05, 4.69) is 10.6 Å². The van der Waals surface area contributed by atoms with Gasteiger partial charge >= 0.3 is 6.03 Å². The summed E-state index contributed by atoms with van der Waals surface area (Å²) in [5, 5.41) is 5.34. The predicted octanol–water partition coefficient (Wildman–Crippen LogP) is 3.32. The molecule has 4 amide bonds. The number of rotatable bonds is 6. The Morgan fingerprint density at radius 3 is 2.57 bits per heavy atom. The van der Waals surface area contributed by atoms with Crippen LogP contribution in [0.25, 0.3) is 0 Å². The maximum atomic E-state index is 13.4. The molecule has 1 fully saturated rings. The van der Waals surface area contributed by atoms with Gasteiger partial charge < -0.3 is 10.6 Å². The number of imide groups is 1. The molecule has 0 spiro atoms. The molecule has 3 rings (SSSR count). The average Bonchev–Trinajstić information content (AvgIpc) is 2.91. The molecular weight excluding hydrogens is 361 g/mol. The van der Waals surface area contributed by atoms with Crippen molar-refractivity contribution in [3.63, 3.8) is 0 Å². The van der Waals surface area contributed by atoms with Crippen molar-refractivity contribution < 1.29 is 18.8 Å². The van der Waals surface area contributed by atoms with Gasteiger partial charge in [0.25, 0.3) is 5.91 Å². The molecule has 2 N–H and O–H groups in total. The van der Waals surface area contributed by atoms with Gasteiger partial charge in [-0.05, 0) is 36.6 Å². The van der Waals surface area contributed by atoms with Crippen LogP contribution >= 0.6 is 0 Å². The first-order valence-corrected chi connectivity index (χ1v) is 9.13. The van der Waals surface area contributed by atoms with Gasteiger partial charge in [0.1, 0.15) is 17.9 Å². The van der Waals surface area contributed by atoms with Gasteiger partial charge in [0.2, 0.25) is 5.91 Å². The van der Waals surface area contributed by atoms with E-state index in [9.17, 15) is 18.8 Å². The molecule has 146 valence electrons. The largest absolute Gasteiger partial charge is 0.325 e. The van der Waals surface area contributed by atoms with Crippen LogP contribution in [0.1, 0.15) is 30.9 Å². The van der Waals surface area contributed by atoms with Crippen LogP contribution in [-0.4, -0.2) is 29.3 Å². The van der Waals surface area contributed by atoms with Crippen molar-refractivity contribution in [2.45, 2.75) is 32.2 Å². The van der Waals surface area contributed by atoms with Gasteiger partial charge in [-0.15, -0.1) is 0 Å². The molecule has 0 unspecified atom stereocenters. The van der Waals surface area contributed by atoms with Crippen LogP contribution < -0.4 is 10.6 Å². The van der Waals surface area contributed by atoms with Crippen LogP contribution in [0.2, 0.25) is 0 Å². The number of halogens is 1. The fraction of sp³-hybridized carbons (Fsp3) is 0.286. The summed E-state index contributed by atoms with van der Waals surface area (Å²) in [4.78, 5) is 39.0. The summed E-state index contributed by atoms with van der Waals surface area (Å²) < 4.78 is 13.4. The zero-order chi connectivity index (χ0) is 20.3. The Kier molecular flexibility index (Phi) is 5.44. The highest BCUT2D eigenvalue weighted by Crippen LogP contribution is 2.33. The first-order valence-electron chi connectivity index (χ1n) is 9.13. The van der Waals surface area contributed by atoms with Crippen LogP contribution in [0.4, 0.5) is 14.9 Å². The van der Waals surface area contributed by atoms with Crippen LogP contribution in [0, 0.1) is 12.7 Å². The highest BCUT2D eigenvalue weighted by Gasteiger charge is 2.52. The van der Waals surface area contributed by atoms with Crippen LogP contribution in [0.3, 0.4) is 0 Å². The second-order valence-corrected chi connectivity index (χ2v) is 6.85. The lowest BCUT2D eigenvalue weighted by atomic mass is 9.85. The highest BCUT2D eigenvalue weighted by molar-refractivity contribution is 6.10. The van der Waals surface area contributed by atoms with Crippen molar-refractivity contribution in [2.24, 2.45) is 0 Å². The molecule has 2 aromatic carbocycles. The third-order valence-corrected chi connectivity index (χ3v) is 4.84. The number of urea groups is 1. The Labute approximate surface area is 162 Å². The van der Waals surface area contributed by atoms with Crippen molar-refractivity contribution in [1.82, 2.24) is 10.2 Å². The van der Waals surface area contributed by atoms with E-state index in [1.54, 1.807) is 37.3 Å². The molecular formula is C21H22FN3O3. The van der Waals surface area contributed by atoms with Gasteiger partial charge in [-0.25, -0.2) is 9.18 Å². The van der Waals surface area contributed by atoms with E-state index in [1.807, 2.05) is 13.0 Å². The Bertz CT molecular complexity index is 916. The van der Waals surface area contributed by atoms with Crippen molar-refractivity contribution >= 4 is 23.5 Å². The number of benzene rings is 2. The van der Waals surface area contributed by atoms with Crippen molar-refractivity contribution in [2.75, 3.05) is 11.9 Å². The number of hydrogen-bond donors (Lipinski definition) is 2. The molecule has 7 heteroatoms. The van der Waals surface area contributed by atoms with Crippen molar-refractivity contribution in [3.8, 4) is 0 Å². The molecule has 0 radical (unpaired) electrons. The molecule has 2 aromatic rings. The molecule has 1 atom stereocenters. The number of anilines is 1. The quantitative estimate of drug-likeness (QED) is 0.751. The van der Waals surface area contributed by atoms with E-state index in [4.69, 9.17) is 0 Å². The Hall–Kier alpha value is -3.22. The number of nitrogens with one attached hydrogen (secondary N) is 2. The van der Waals surface area contributed by atoms with Crippen LogP contribution in [-0.2, 0) is 15.1 Å². The lowest BCUT2D eigenvalue weighted by Crippen LogP contribution is -2.44. The van der Waals surface area contributed by atoms with E-state index < -0.39 is 35.7 Å². The number of carbonyl (C=O) groups excluding carboxylic acids is 3. The maximum absolute atomic E-state index is 13.4. The number of nitrogens with zero attached hydrogens (tertiary/aromatic N) is 1. The summed E-state index contributed by atoms with van der Waals surface area (Å²) in [5.74, 6) is -1.52. The Morgan fingerprint density at radius 2 is 1.89 bits per heavy atom. The molecule has 0 aromatic heterocycles. The molecule has 0 saturated carbocycles. The lowest BCUT2D eigenvalue weighted by molar-refractivity contribution is -0.134. The molecule has 1 aliphatic rings. The van der Waals surface area contributed by atoms with Gasteiger partial charge in [0.05, 0.1) is 0 Å². The minimum Gasteiger partial charge on any atom is -0.324 e. The molecule has 0 bridgehead atoms.